The van der Waals surface area contributed by atoms with E-state index in [0.29, 0.717) is 9.45 Å². The number of ketones is 4. The summed E-state index contributed by atoms with van der Waals surface area (Å²) >= 11 is -2.48. The molecule has 96 valence electrons. The van der Waals surface area contributed by atoms with Crippen molar-refractivity contribution < 1.29 is 35.8 Å². The fraction of sp³-hybridized carbons (Fsp3) is 0.667. The standard InChI is InChI=1S/2C5H7O2.2CH3.Ti/c2*1-4(6)3-5(2)7;;;/h2*1,3H2,2H3;2*1H3;. The number of carbonyl (C=O) groups excluding carboxylic acids is 4. The molecule has 0 aliphatic carbocycles. The molecule has 0 bridgehead atoms. The molecule has 0 aromatic carbocycles. The van der Waals surface area contributed by atoms with Gasteiger partial charge >= 0.3 is 105 Å². The molecule has 0 saturated heterocycles. The molecule has 0 aromatic rings. The van der Waals surface area contributed by atoms with Crippen molar-refractivity contribution in [2.45, 2.75) is 46.6 Å². The van der Waals surface area contributed by atoms with Crippen molar-refractivity contribution in [3.63, 3.8) is 0 Å². The number of hydrogen-bond acceptors (Lipinski definition) is 4. The van der Waals surface area contributed by atoms with E-state index in [4.69, 9.17) is 0 Å². The van der Waals surface area contributed by atoms with Crippen molar-refractivity contribution in [1.82, 2.24) is 0 Å². The third-order valence-corrected chi connectivity index (χ3v) is 6.46. The van der Waals surface area contributed by atoms with Gasteiger partial charge in [0.2, 0.25) is 0 Å². The molecule has 0 radical (unpaired) electrons. The Labute approximate surface area is 106 Å². The summed E-state index contributed by atoms with van der Waals surface area (Å²) in [6.45, 7) is 2.78. The van der Waals surface area contributed by atoms with Crippen LogP contribution in [0.1, 0.15) is 26.7 Å². The van der Waals surface area contributed by atoms with Crippen LogP contribution in [-0.2, 0) is 35.8 Å². The molecule has 0 fully saturated rings. The first kappa shape index (κ1) is 16.4. The van der Waals surface area contributed by atoms with E-state index < -0.39 is 16.6 Å². The number of hydrogen-bond donors (Lipinski definition) is 0. The van der Waals surface area contributed by atoms with Crippen LogP contribution in [0.3, 0.4) is 0 Å². The van der Waals surface area contributed by atoms with Gasteiger partial charge in [0, 0.05) is 0 Å². The van der Waals surface area contributed by atoms with E-state index in [9.17, 15) is 19.2 Å². The summed E-state index contributed by atoms with van der Waals surface area (Å²) in [5.74, 6) is -0.414. The summed E-state index contributed by atoms with van der Waals surface area (Å²) in [5, 5.41) is 3.96. The molecule has 0 rings (SSSR count). The zero-order valence-electron chi connectivity index (χ0n) is 11.0. The van der Waals surface area contributed by atoms with Gasteiger partial charge in [0.1, 0.15) is 0 Å². The minimum atomic E-state index is -2.48. The normalized spacial score (nSPS) is 11.1. The van der Waals surface area contributed by atoms with Gasteiger partial charge in [-0.15, -0.1) is 0 Å². The van der Waals surface area contributed by atoms with E-state index in [1.54, 1.807) is 0 Å². The van der Waals surface area contributed by atoms with Gasteiger partial charge in [0.25, 0.3) is 0 Å². The molecule has 0 unspecified atom stereocenters. The van der Waals surface area contributed by atoms with E-state index in [-0.39, 0.29) is 36.0 Å². The molecule has 0 amide bonds. The summed E-state index contributed by atoms with van der Waals surface area (Å²) in [7, 11) is 0. The second-order valence-electron chi connectivity index (χ2n) is 5.35. The second-order valence-corrected chi connectivity index (χ2v) is 13.2. The minimum absolute atomic E-state index is 0.0322. The van der Waals surface area contributed by atoms with Crippen molar-refractivity contribution in [3.8, 4) is 0 Å². The van der Waals surface area contributed by atoms with Crippen LogP contribution in [0.15, 0.2) is 0 Å². The number of rotatable bonds is 8. The molecule has 17 heavy (non-hydrogen) atoms. The molecule has 0 atom stereocenters. The van der Waals surface area contributed by atoms with Crippen LogP contribution < -0.4 is 0 Å². The monoisotopic (exact) mass is 276 g/mol. The van der Waals surface area contributed by atoms with Crippen LogP contribution >= 0.6 is 0 Å². The predicted molar refractivity (Wildman–Crippen MR) is 62.0 cm³/mol. The third kappa shape index (κ3) is 9.13. The van der Waals surface area contributed by atoms with Gasteiger partial charge in [-0.25, -0.2) is 0 Å². The second kappa shape index (κ2) is 6.97. The molecular formula is C12H20O4Ti. The zero-order valence-corrected chi connectivity index (χ0v) is 12.5. The van der Waals surface area contributed by atoms with E-state index in [1.807, 2.05) is 10.5 Å². The summed E-state index contributed by atoms with van der Waals surface area (Å²) in [6, 6.07) is 0. The molecule has 5 heteroatoms. The fourth-order valence-corrected chi connectivity index (χ4v) is 5.73. The molecule has 4 nitrogen and oxygen atoms in total. The van der Waals surface area contributed by atoms with Gasteiger partial charge in [-0.2, -0.15) is 0 Å². The number of Topliss-reactive ketones (excluding diaryl/α,β-unsaturated/α-hetero) is 4. The van der Waals surface area contributed by atoms with Crippen LogP contribution in [0.25, 0.3) is 0 Å². The van der Waals surface area contributed by atoms with Gasteiger partial charge in [-0.1, -0.05) is 0 Å². The summed E-state index contributed by atoms with van der Waals surface area (Å²) in [5.41, 5.74) is 0. The zero-order chi connectivity index (χ0) is 13.6. The van der Waals surface area contributed by atoms with Gasteiger partial charge in [0.05, 0.1) is 0 Å². The first-order valence-corrected chi connectivity index (χ1v) is 11.0. The first-order chi connectivity index (χ1) is 7.62. The molecular weight excluding hydrogens is 256 g/mol. The van der Waals surface area contributed by atoms with Crippen molar-refractivity contribution >= 4 is 23.1 Å². The first-order valence-electron chi connectivity index (χ1n) is 5.64. The Balaban J connectivity index is 4.28. The molecule has 0 spiro atoms. The number of carbonyl (C=O) groups is 4. The van der Waals surface area contributed by atoms with Crippen molar-refractivity contribution in [2.75, 3.05) is 0 Å². The fourth-order valence-electron chi connectivity index (χ4n) is 1.81. The molecule has 0 heterocycles. The topological polar surface area (TPSA) is 68.3 Å². The summed E-state index contributed by atoms with van der Waals surface area (Å²) in [4.78, 5) is 44.6. The molecule has 0 aliphatic rings. The van der Waals surface area contributed by atoms with E-state index in [0.717, 1.165) is 0 Å². The Bertz CT molecular complexity index is 312. The molecule has 0 N–H and O–H groups in total. The van der Waals surface area contributed by atoms with Crippen LogP contribution in [0.5, 0.6) is 0 Å². The van der Waals surface area contributed by atoms with Gasteiger partial charge in [-0.05, 0) is 0 Å². The molecule has 0 aliphatic heterocycles. The van der Waals surface area contributed by atoms with Crippen molar-refractivity contribution in [3.05, 3.63) is 0 Å². The van der Waals surface area contributed by atoms with E-state index in [2.05, 4.69) is 0 Å². The molecule has 0 aromatic heterocycles. The van der Waals surface area contributed by atoms with Crippen molar-refractivity contribution in [1.29, 1.82) is 0 Å². The van der Waals surface area contributed by atoms with Crippen molar-refractivity contribution in [2.24, 2.45) is 0 Å². The average Bonchev–Trinajstić information content (AvgIpc) is 1.95. The van der Waals surface area contributed by atoms with E-state index >= 15 is 0 Å². The van der Waals surface area contributed by atoms with Crippen LogP contribution in [0, 0.1) is 0 Å². The van der Waals surface area contributed by atoms with Crippen LogP contribution in [0.4, 0.5) is 0 Å². The van der Waals surface area contributed by atoms with Gasteiger partial charge < -0.3 is 0 Å². The summed E-state index contributed by atoms with van der Waals surface area (Å²) < 4.78 is 0.756. The maximum atomic E-state index is 11.5. The Morgan fingerprint density at radius 2 is 1.06 bits per heavy atom. The Kier molecular flexibility index (Phi) is 6.72. The van der Waals surface area contributed by atoms with E-state index in [1.165, 1.54) is 13.8 Å². The van der Waals surface area contributed by atoms with Gasteiger partial charge in [-0.3, -0.25) is 0 Å². The van der Waals surface area contributed by atoms with Crippen LogP contribution in [-0.4, -0.2) is 23.1 Å². The van der Waals surface area contributed by atoms with Crippen LogP contribution in [0.2, 0.25) is 19.9 Å². The Morgan fingerprint density at radius 3 is 1.29 bits per heavy atom. The summed E-state index contributed by atoms with van der Waals surface area (Å²) in [6.07, 6.45) is -0.0643. The molecule has 0 saturated carbocycles. The Hall–Kier alpha value is -0.606. The van der Waals surface area contributed by atoms with Gasteiger partial charge in [0.15, 0.2) is 0 Å². The average molecular weight is 276 g/mol. The predicted octanol–water partition coefficient (Wildman–Crippen LogP) is 2.17. The third-order valence-electron chi connectivity index (χ3n) is 2.24. The quantitative estimate of drug-likeness (QED) is 0.503. The maximum absolute atomic E-state index is 11.5. The Morgan fingerprint density at radius 1 is 0.765 bits per heavy atom. The SMILES string of the molecule is CC(=O)CC(=O)[CH2][Ti]([CH3])([CH3])[CH2]C(=O)CC(C)=O.